The molecule has 2 nitrogen and oxygen atoms in total. The highest BCUT2D eigenvalue weighted by molar-refractivity contribution is 5.76. The highest BCUT2D eigenvalue weighted by Crippen LogP contribution is 2.33. The second-order valence-corrected chi connectivity index (χ2v) is 5.77. The van der Waals surface area contributed by atoms with Crippen LogP contribution in [0.2, 0.25) is 0 Å². The first-order valence-electron chi connectivity index (χ1n) is 6.03. The van der Waals surface area contributed by atoms with E-state index in [1.807, 2.05) is 27.7 Å². The quantitative estimate of drug-likeness (QED) is 0.502. The summed E-state index contributed by atoms with van der Waals surface area (Å²) in [4.78, 5) is 12.1. The highest BCUT2D eigenvalue weighted by Gasteiger charge is 2.36. The number of hydrogen-bond donors (Lipinski definition) is 0. The Balaban J connectivity index is 2.69. The Bertz CT molecular complexity index is 314. The summed E-state index contributed by atoms with van der Waals surface area (Å²) < 4.78 is 5.49. The molecular formula is C14H22O2. The lowest BCUT2D eigenvalue weighted by molar-refractivity contribution is -0.167. The van der Waals surface area contributed by atoms with Crippen LogP contribution in [0.1, 0.15) is 59.8 Å². The van der Waals surface area contributed by atoms with E-state index in [0.717, 1.165) is 32.1 Å². The maximum atomic E-state index is 12.1. The van der Waals surface area contributed by atoms with Crippen molar-refractivity contribution in [3.05, 3.63) is 0 Å². The smallest absolute Gasteiger partial charge is 0.312 e. The Morgan fingerprint density at radius 3 is 2.44 bits per heavy atom. The molecule has 0 aromatic heterocycles. The maximum absolute atomic E-state index is 12.1. The van der Waals surface area contributed by atoms with Gasteiger partial charge in [0.1, 0.15) is 5.60 Å². The predicted molar refractivity (Wildman–Crippen MR) is 64.8 cm³/mol. The average Bonchev–Trinajstić information content (AvgIpc) is 2.08. The Morgan fingerprint density at radius 2 is 1.81 bits per heavy atom. The molecule has 2 heteroatoms. The molecule has 1 rings (SSSR count). The average molecular weight is 222 g/mol. The molecular weight excluding hydrogens is 200 g/mol. The lowest BCUT2D eigenvalue weighted by atomic mass is 9.79. The third-order valence-corrected chi connectivity index (χ3v) is 2.85. The van der Waals surface area contributed by atoms with Crippen LogP contribution in [0.15, 0.2) is 0 Å². The van der Waals surface area contributed by atoms with Gasteiger partial charge in [0.05, 0.1) is 5.41 Å². The summed E-state index contributed by atoms with van der Waals surface area (Å²) in [6, 6.07) is 0. The van der Waals surface area contributed by atoms with Gasteiger partial charge in [0.2, 0.25) is 0 Å². The van der Waals surface area contributed by atoms with E-state index in [1.54, 1.807) is 0 Å². The Labute approximate surface area is 98.8 Å². The summed E-state index contributed by atoms with van der Waals surface area (Å²) in [5.74, 6) is 6.15. The minimum absolute atomic E-state index is 0.0660. The highest BCUT2D eigenvalue weighted by atomic mass is 16.6. The Kier molecular flexibility index (Phi) is 4.02. The molecule has 0 heterocycles. The molecule has 1 aliphatic carbocycles. The van der Waals surface area contributed by atoms with E-state index < -0.39 is 5.60 Å². The first-order chi connectivity index (χ1) is 7.33. The third kappa shape index (κ3) is 3.89. The first-order valence-corrected chi connectivity index (χ1v) is 6.03. The molecule has 0 aromatic rings. The number of hydrogen-bond acceptors (Lipinski definition) is 2. The van der Waals surface area contributed by atoms with Gasteiger partial charge >= 0.3 is 5.97 Å². The summed E-state index contributed by atoms with van der Waals surface area (Å²) in [6.45, 7) is 7.75. The minimum Gasteiger partial charge on any atom is -0.460 e. The maximum Gasteiger partial charge on any atom is 0.312 e. The number of carbonyl (C=O) groups excluding carboxylic acids is 1. The Morgan fingerprint density at radius 1 is 1.19 bits per heavy atom. The van der Waals surface area contributed by atoms with Gasteiger partial charge in [0, 0.05) is 12.8 Å². The topological polar surface area (TPSA) is 26.3 Å². The van der Waals surface area contributed by atoms with Gasteiger partial charge in [-0.2, -0.15) is 0 Å². The van der Waals surface area contributed by atoms with Crippen molar-refractivity contribution in [2.45, 2.75) is 65.4 Å². The molecule has 1 aliphatic rings. The number of carbonyl (C=O) groups is 1. The van der Waals surface area contributed by atoms with Gasteiger partial charge in [-0.25, -0.2) is 0 Å². The number of ether oxygens (including phenoxy) is 1. The van der Waals surface area contributed by atoms with Gasteiger partial charge in [-0.1, -0.05) is 0 Å². The Hall–Kier alpha value is -0.970. The van der Waals surface area contributed by atoms with Crippen molar-refractivity contribution >= 4 is 5.97 Å². The van der Waals surface area contributed by atoms with Crippen molar-refractivity contribution < 1.29 is 9.53 Å². The molecule has 0 aromatic carbocycles. The van der Waals surface area contributed by atoms with Gasteiger partial charge in [-0.05, 0) is 47.0 Å². The van der Waals surface area contributed by atoms with E-state index in [2.05, 4.69) is 11.8 Å². The van der Waals surface area contributed by atoms with Gasteiger partial charge in [0.15, 0.2) is 0 Å². The van der Waals surface area contributed by atoms with Crippen LogP contribution >= 0.6 is 0 Å². The summed E-state index contributed by atoms with van der Waals surface area (Å²) in [6.07, 6.45) is 4.39. The van der Waals surface area contributed by atoms with Gasteiger partial charge in [-0.15, -0.1) is 11.8 Å². The number of esters is 1. The molecule has 90 valence electrons. The van der Waals surface area contributed by atoms with Crippen molar-refractivity contribution in [2.24, 2.45) is 5.41 Å². The van der Waals surface area contributed by atoms with E-state index >= 15 is 0 Å². The van der Waals surface area contributed by atoms with E-state index in [9.17, 15) is 4.79 Å². The second-order valence-electron chi connectivity index (χ2n) is 5.77. The zero-order valence-corrected chi connectivity index (χ0v) is 10.9. The zero-order chi connectivity index (χ0) is 12.2. The largest absolute Gasteiger partial charge is 0.460 e. The van der Waals surface area contributed by atoms with Gasteiger partial charge in [0.25, 0.3) is 0 Å². The van der Waals surface area contributed by atoms with Crippen LogP contribution in [-0.4, -0.2) is 11.6 Å². The SMILES string of the molecule is CC(C)(C)OC(=O)C1(C)CCC#CCCC1. The third-order valence-electron chi connectivity index (χ3n) is 2.85. The molecule has 0 saturated heterocycles. The fourth-order valence-corrected chi connectivity index (χ4v) is 1.81. The van der Waals surface area contributed by atoms with Crippen molar-refractivity contribution in [2.75, 3.05) is 0 Å². The molecule has 16 heavy (non-hydrogen) atoms. The van der Waals surface area contributed by atoms with E-state index in [1.165, 1.54) is 0 Å². The molecule has 0 saturated carbocycles. The van der Waals surface area contributed by atoms with Crippen molar-refractivity contribution in [1.29, 1.82) is 0 Å². The number of rotatable bonds is 1. The van der Waals surface area contributed by atoms with E-state index in [0.29, 0.717) is 0 Å². The fourth-order valence-electron chi connectivity index (χ4n) is 1.81. The van der Waals surface area contributed by atoms with E-state index in [-0.39, 0.29) is 11.4 Å². The second kappa shape index (κ2) is 4.91. The molecule has 0 amide bonds. The van der Waals surface area contributed by atoms with Gasteiger partial charge < -0.3 is 4.74 Å². The molecule has 0 bridgehead atoms. The lowest BCUT2D eigenvalue weighted by Gasteiger charge is -2.31. The first kappa shape index (κ1) is 13.1. The zero-order valence-electron chi connectivity index (χ0n) is 10.9. The normalized spacial score (nSPS) is 26.0. The van der Waals surface area contributed by atoms with Crippen LogP contribution in [0.4, 0.5) is 0 Å². The van der Waals surface area contributed by atoms with Crippen molar-refractivity contribution in [3.63, 3.8) is 0 Å². The van der Waals surface area contributed by atoms with Crippen LogP contribution in [0, 0.1) is 17.3 Å². The molecule has 0 fully saturated rings. The molecule has 1 unspecified atom stereocenters. The van der Waals surface area contributed by atoms with Crippen molar-refractivity contribution in [3.8, 4) is 11.8 Å². The van der Waals surface area contributed by atoms with Crippen LogP contribution in [-0.2, 0) is 9.53 Å². The molecule has 0 radical (unpaired) electrons. The molecule has 0 N–H and O–H groups in total. The van der Waals surface area contributed by atoms with E-state index in [4.69, 9.17) is 4.74 Å². The van der Waals surface area contributed by atoms with Crippen LogP contribution in [0.25, 0.3) is 0 Å². The van der Waals surface area contributed by atoms with Crippen LogP contribution < -0.4 is 0 Å². The summed E-state index contributed by atoms with van der Waals surface area (Å²) in [5, 5.41) is 0. The minimum atomic E-state index is -0.395. The monoisotopic (exact) mass is 222 g/mol. The van der Waals surface area contributed by atoms with Crippen LogP contribution in [0.3, 0.4) is 0 Å². The molecule has 1 atom stereocenters. The van der Waals surface area contributed by atoms with Gasteiger partial charge in [-0.3, -0.25) is 4.79 Å². The molecule has 0 spiro atoms. The predicted octanol–water partition coefficient (Wildman–Crippen LogP) is 3.30. The summed E-state index contributed by atoms with van der Waals surface area (Å²) in [5.41, 5.74) is -0.740. The standard InChI is InChI=1S/C14H22O2/c1-13(2,3)16-12(15)14(4)10-8-6-5-7-9-11-14/h6,8-11H2,1-4H3. The lowest BCUT2D eigenvalue weighted by Crippen LogP contribution is -2.36. The van der Waals surface area contributed by atoms with Crippen LogP contribution in [0.5, 0.6) is 0 Å². The molecule has 0 aliphatic heterocycles. The summed E-state index contributed by atoms with van der Waals surface area (Å²) in [7, 11) is 0. The summed E-state index contributed by atoms with van der Waals surface area (Å²) >= 11 is 0. The van der Waals surface area contributed by atoms with Crippen molar-refractivity contribution in [1.82, 2.24) is 0 Å². The fraction of sp³-hybridized carbons (Fsp3) is 0.786.